The normalized spacial score (nSPS) is 14.7. The minimum Gasteiger partial charge on any atom is -0.383 e. The van der Waals surface area contributed by atoms with E-state index in [9.17, 15) is 0 Å². The SMILES string of the molecule is CCCNC(C)c1cn(C(C)COC)c(CC)n1. The zero-order chi connectivity index (χ0) is 13.5. The molecule has 1 aromatic heterocycles. The molecule has 0 saturated carbocycles. The lowest BCUT2D eigenvalue weighted by atomic mass is 10.2. The molecule has 1 rings (SSSR count). The molecule has 0 radical (unpaired) electrons. The first-order valence-corrected chi connectivity index (χ1v) is 6.93. The molecule has 4 heteroatoms. The van der Waals surface area contributed by atoms with E-state index < -0.39 is 0 Å². The molecule has 0 aromatic carbocycles. The Morgan fingerprint density at radius 1 is 1.39 bits per heavy atom. The third-order valence-electron chi connectivity index (χ3n) is 3.17. The highest BCUT2D eigenvalue weighted by molar-refractivity contribution is 5.09. The Hall–Kier alpha value is -0.870. The summed E-state index contributed by atoms with van der Waals surface area (Å²) in [6, 6.07) is 0.649. The van der Waals surface area contributed by atoms with Crippen molar-refractivity contribution in [1.82, 2.24) is 14.9 Å². The van der Waals surface area contributed by atoms with Crippen molar-refractivity contribution < 1.29 is 4.74 Å². The molecule has 18 heavy (non-hydrogen) atoms. The zero-order valence-electron chi connectivity index (χ0n) is 12.4. The van der Waals surface area contributed by atoms with Gasteiger partial charge in [-0.05, 0) is 26.8 Å². The van der Waals surface area contributed by atoms with E-state index in [2.05, 4.69) is 43.8 Å². The van der Waals surface area contributed by atoms with Gasteiger partial charge in [-0.2, -0.15) is 0 Å². The van der Waals surface area contributed by atoms with E-state index in [-0.39, 0.29) is 0 Å². The second-order valence-electron chi connectivity index (χ2n) is 4.82. The van der Waals surface area contributed by atoms with Crippen LogP contribution in [0.25, 0.3) is 0 Å². The van der Waals surface area contributed by atoms with Gasteiger partial charge >= 0.3 is 0 Å². The first-order valence-electron chi connectivity index (χ1n) is 6.93. The quantitative estimate of drug-likeness (QED) is 0.774. The Bertz CT molecular complexity index is 349. The number of nitrogens with zero attached hydrogens (tertiary/aromatic N) is 2. The van der Waals surface area contributed by atoms with Gasteiger partial charge in [0.05, 0.1) is 18.3 Å². The summed E-state index contributed by atoms with van der Waals surface area (Å²) in [5.41, 5.74) is 1.13. The summed E-state index contributed by atoms with van der Waals surface area (Å²) in [7, 11) is 1.74. The molecule has 0 amide bonds. The topological polar surface area (TPSA) is 39.1 Å². The van der Waals surface area contributed by atoms with Crippen molar-refractivity contribution in [2.75, 3.05) is 20.3 Å². The predicted octanol–water partition coefficient (Wildman–Crippen LogP) is 2.71. The number of aryl methyl sites for hydroxylation is 1. The number of hydrogen-bond donors (Lipinski definition) is 1. The Morgan fingerprint density at radius 3 is 2.67 bits per heavy atom. The highest BCUT2D eigenvalue weighted by atomic mass is 16.5. The molecule has 4 nitrogen and oxygen atoms in total. The lowest BCUT2D eigenvalue weighted by Crippen LogP contribution is -2.19. The van der Waals surface area contributed by atoms with Crippen molar-refractivity contribution in [3.05, 3.63) is 17.7 Å². The van der Waals surface area contributed by atoms with Gasteiger partial charge in [0.15, 0.2) is 0 Å². The van der Waals surface area contributed by atoms with Crippen LogP contribution < -0.4 is 5.32 Å². The van der Waals surface area contributed by atoms with Crippen LogP contribution in [0.2, 0.25) is 0 Å². The van der Waals surface area contributed by atoms with E-state index in [4.69, 9.17) is 9.72 Å². The molecular weight excluding hydrogens is 226 g/mol. The molecule has 0 bridgehead atoms. The lowest BCUT2D eigenvalue weighted by molar-refractivity contribution is 0.161. The van der Waals surface area contributed by atoms with Crippen molar-refractivity contribution in [2.45, 2.75) is 52.6 Å². The summed E-state index contributed by atoms with van der Waals surface area (Å²) in [6.07, 6.45) is 4.26. The molecule has 0 aliphatic carbocycles. The molecule has 1 N–H and O–H groups in total. The maximum atomic E-state index is 5.23. The predicted molar refractivity (Wildman–Crippen MR) is 74.9 cm³/mol. The van der Waals surface area contributed by atoms with Gasteiger partial charge in [-0.15, -0.1) is 0 Å². The number of nitrogens with one attached hydrogen (secondary N) is 1. The van der Waals surface area contributed by atoms with Gasteiger partial charge in [0.1, 0.15) is 5.82 Å². The monoisotopic (exact) mass is 253 g/mol. The van der Waals surface area contributed by atoms with Gasteiger partial charge in [-0.25, -0.2) is 4.98 Å². The van der Waals surface area contributed by atoms with Crippen LogP contribution in [0.1, 0.15) is 57.7 Å². The standard InChI is InChI=1S/C14H27N3O/c1-6-8-15-12(4)13-9-17(11(3)10-18-5)14(7-2)16-13/h9,11-12,15H,6-8,10H2,1-5H3. The first kappa shape index (κ1) is 15.2. The summed E-state index contributed by atoms with van der Waals surface area (Å²) in [6.45, 7) is 10.4. The number of imidazole rings is 1. The second-order valence-corrected chi connectivity index (χ2v) is 4.82. The zero-order valence-corrected chi connectivity index (χ0v) is 12.4. The highest BCUT2D eigenvalue weighted by Crippen LogP contribution is 2.17. The number of aromatic nitrogens is 2. The van der Waals surface area contributed by atoms with Crippen molar-refractivity contribution in [3.63, 3.8) is 0 Å². The van der Waals surface area contributed by atoms with Crippen molar-refractivity contribution in [1.29, 1.82) is 0 Å². The molecular formula is C14H27N3O. The van der Waals surface area contributed by atoms with Gasteiger partial charge in [-0.1, -0.05) is 13.8 Å². The lowest BCUT2D eigenvalue weighted by Gasteiger charge is -2.14. The van der Waals surface area contributed by atoms with E-state index in [1.165, 1.54) is 0 Å². The van der Waals surface area contributed by atoms with Crippen LogP contribution in [0.15, 0.2) is 6.20 Å². The van der Waals surface area contributed by atoms with Gasteiger partial charge in [0, 0.05) is 25.8 Å². The van der Waals surface area contributed by atoms with E-state index in [0.29, 0.717) is 12.1 Å². The Morgan fingerprint density at radius 2 is 2.11 bits per heavy atom. The Balaban J connectivity index is 2.82. The molecule has 1 aromatic rings. The molecule has 104 valence electrons. The molecule has 0 saturated heterocycles. The number of ether oxygens (including phenoxy) is 1. The fourth-order valence-electron chi connectivity index (χ4n) is 2.09. The van der Waals surface area contributed by atoms with Crippen LogP contribution in [0, 0.1) is 0 Å². The van der Waals surface area contributed by atoms with Gasteiger partial charge in [-0.3, -0.25) is 0 Å². The van der Waals surface area contributed by atoms with Crippen molar-refractivity contribution in [3.8, 4) is 0 Å². The molecule has 0 fully saturated rings. The fourth-order valence-corrected chi connectivity index (χ4v) is 2.09. The molecule has 0 spiro atoms. The molecule has 0 aliphatic heterocycles. The molecule has 2 atom stereocenters. The van der Waals surface area contributed by atoms with E-state index in [0.717, 1.165) is 37.5 Å². The third-order valence-corrected chi connectivity index (χ3v) is 3.17. The maximum Gasteiger partial charge on any atom is 0.109 e. The summed E-state index contributed by atoms with van der Waals surface area (Å²) in [5.74, 6) is 1.14. The van der Waals surface area contributed by atoms with Crippen molar-refractivity contribution >= 4 is 0 Å². The minimum absolute atomic E-state index is 0.311. The first-order chi connectivity index (χ1) is 8.63. The van der Waals surface area contributed by atoms with Crippen molar-refractivity contribution in [2.24, 2.45) is 0 Å². The fraction of sp³-hybridized carbons (Fsp3) is 0.786. The highest BCUT2D eigenvalue weighted by Gasteiger charge is 2.15. The summed E-state index contributed by atoms with van der Waals surface area (Å²) in [4.78, 5) is 4.73. The molecule has 1 heterocycles. The third kappa shape index (κ3) is 3.82. The van der Waals surface area contributed by atoms with E-state index >= 15 is 0 Å². The van der Waals surface area contributed by atoms with Gasteiger partial charge in [0.2, 0.25) is 0 Å². The largest absolute Gasteiger partial charge is 0.383 e. The summed E-state index contributed by atoms with van der Waals surface area (Å²) < 4.78 is 7.47. The van der Waals surface area contributed by atoms with Gasteiger partial charge in [0.25, 0.3) is 0 Å². The van der Waals surface area contributed by atoms with Crippen LogP contribution in [0.4, 0.5) is 0 Å². The summed E-state index contributed by atoms with van der Waals surface area (Å²) >= 11 is 0. The summed E-state index contributed by atoms with van der Waals surface area (Å²) in [5, 5.41) is 3.48. The van der Waals surface area contributed by atoms with Gasteiger partial charge < -0.3 is 14.6 Å². The second kappa shape index (κ2) is 7.54. The van der Waals surface area contributed by atoms with Crippen LogP contribution in [-0.4, -0.2) is 29.8 Å². The van der Waals surface area contributed by atoms with Crippen LogP contribution >= 0.6 is 0 Å². The number of hydrogen-bond acceptors (Lipinski definition) is 3. The molecule has 2 unspecified atom stereocenters. The van der Waals surface area contributed by atoms with E-state index in [1.54, 1.807) is 7.11 Å². The van der Waals surface area contributed by atoms with Crippen LogP contribution in [-0.2, 0) is 11.2 Å². The number of rotatable bonds is 8. The number of methoxy groups -OCH3 is 1. The average molecular weight is 253 g/mol. The van der Waals surface area contributed by atoms with E-state index in [1.807, 2.05) is 0 Å². The Labute approximate surface area is 111 Å². The van der Waals surface area contributed by atoms with Crippen LogP contribution in [0.3, 0.4) is 0 Å². The molecule has 0 aliphatic rings. The smallest absolute Gasteiger partial charge is 0.109 e. The average Bonchev–Trinajstić information content (AvgIpc) is 2.80. The minimum atomic E-state index is 0.311. The maximum absolute atomic E-state index is 5.23. The Kier molecular flexibility index (Phi) is 6.36. The van der Waals surface area contributed by atoms with Crippen LogP contribution in [0.5, 0.6) is 0 Å².